The summed E-state index contributed by atoms with van der Waals surface area (Å²) >= 11 is 0. The van der Waals surface area contributed by atoms with E-state index in [1.165, 1.54) is 17.7 Å². The van der Waals surface area contributed by atoms with Gasteiger partial charge in [-0.3, -0.25) is 14.8 Å². The third kappa shape index (κ3) is 5.97. The Kier molecular flexibility index (Phi) is 7.10. The quantitative estimate of drug-likeness (QED) is 0.416. The van der Waals surface area contributed by atoms with E-state index in [0.29, 0.717) is 25.7 Å². The summed E-state index contributed by atoms with van der Waals surface area (Å²) in [5, 5.41) is 18.8. The summed E-state index contributed by atoms with van der Waals surface area (Å²) in [5.74, 6) is 0.373. The molecule has 0 fully saturated rings. The van der Waals surface area contributed by atoms with Crippen molar-refractivity contribution in [1.29, 1.82) is 0 Å². The van der Waals surface area contributed by atoms with Crippen LogP contribution in [0.25, 0.3) is 11.3 Å². The number of rotatable bonds is 10. The first-order valence-corrected chi connectivity index (χ1v) is 9.62. The van der Waals surface area contributed by atoms with Gasteiger partial charge in [-0.2, -0.15) is 5.10 Å². The molecule has 1 aromatic heterocycles. The Hall–Kier alpha value is -3.03. The highest BCUT2D eigenvalue weighted by Crippen LogP contribution is 2.24. The molecule has 1 unspecified atom stereocenters. The molecule has 3 rings (SSSR count). The van der Waals surface area contributed by atoms with Crippen molar-refractivity contribution in [2.45, 2.75) is 20.1 Å². The summed E-state index contributed by atoms with van der Waals surface area (Å²) < 4.78 is 7.56. The maximum atomic E-state index is 10.8. The van der Waals surface area contributed by atoms with Gasteiger partial charge in [-0.25, -0.2) is 0 Å². The third-order valence-corrected chi connectivity index (χ3v) is 4.58. The molecule has 1 heterocycles. The molecule has 2 aromatic carbocycles. The van der Waals surface area contributed by atoms with Gasteiger partial charge in [0.05, 0.1) is 23.8 Å². The number of nitro groups is 1. The van der Waals surface area contributed by atoms with Gasteiger partial charge in [0, 0.05) is 49.6 Å². The van der Waals surface area contributed by atoms with Crippen molar-refractivity contribution in [3.8, 4) is 11.3 Å². The minimum atomic E-state index is -0.397. The van der Waals surface area contributed by atoms with Crippen LogP contribution in [0.5, 0.6) is 0 Å². The van der Waals surface area contributed by atoms with Gasteiger partial charge < -0.3 is 10.1 Å². The Balaban J connectivity index is 1.50. The number of nitro benzene ring substituents is 1. The average Bonchev–Trinajstić information content (AvgIpc) is 3.09. The Bertz CT molecular complexity index is 923. The maximum Gasteiger partial charge on any atom is 0.269 e. The zero-order chi connectivity index (χ0) is 20.6. The van der Waals surface area contributed by atoms with E-state index < -0.39 is 4.92 Å². The number of benzene rings is 2. The fraction of sp³-hybridized carbons (Fsp3) is 0.318. The average molecular weight is 394 g/mol. The van der Waals surface area contributed by atoms with Crippen molar-refractivity contribution in [2.24, 2.45) is 13.0 Å². The zero-order valence-electron chi connectivity index (χ0n) is 16.7. The van der Waals surface area contributed by atoms with E-state index in [1.807, 2.05) is 31.4 Å². The first-order valence-electron chi connectivity index (χ1n) is 9.62. The molecule has 0 saturated heterocycles. The molecule has 0 saturated carbocycles. The number of nitrogens with zero attached hydrogens (tertiary/aromatic N) is 3. The lowest BCUT2D eigenvalue weighted by molar-refractivity contribution is -0.384. The Labute approximate surface area is 170 Å². The highest BCUT2D eigenvalue weighted by atomic mass is 16.6. The van der Waals surface area contributed by atoms with Gasteiger partial charge >= 0.3 is 0 Å². The first-order chi connectivity index (χ1) is 14.0. The predicted molar refractivity (Wildman–Crippen MR) is 112 cm³/mol. The third-order valence-electron chi connectivity index (χ3n) is 4.58. The number of non-ortho nitro benzene ring substituents is 1. The van der Waals surface area contributed by atoms with E-state index in [-0.39, 0.29) is 5.69 Å². The summed E-state index contributed by atoms with van der Waals surface area (Å²) in [7, 11) is 1.87. The lowest BCUT2D eigenvalue weighted by Gasteiger charge is -2.13. The molecule has 1 atom stereocenters. The number of aromatic nitrogens is 2. The fourth-order valence-electron chi connectivity index (χ4n) is 3.12. The van der Waals surface area contributed by atoms with Crippen LogP contribution in [0.4, 0.5) is 5.69 Å². The normalized spacial score (nSPS) is 12.1. The van der Waals surface area contributed by atoms with Crippen LogP contribution >= 0.6 is 0 Å². The van der Waals surface area contributed by atoms with Crippen LogP contribution in [0.1, 0.15) is 18.1 Å². The zero-order valence-corrected chi connectivity index (χ0v) is 16.7. The van der Waals surface area contributed by atoms with Crippen LogP contribution in [-0.2, 0) is 24.9 Å². The monoisotopic (exact) mass is 394 g/mol. The van der Waals surface area contributed by atoms with Gasteiger partial charge in [0.1, 0.15) is 0 Å². The van der Waals surface area contributed by atoms with Gasteiger partial charge in [-0.15, -0.1) is 0 Å². The minimum Gasteiger partial charge on any atom is -0.376 e. The highest BCUT2D eigenvalue weighted by molar-refractivity contribution is 5.64. The van der Waals surface area contributed by atoms with Crippen molar-refractivity contribution in [2.75, 3.05) is 13.2 Å². The smallest absolute Gasteiger partial charge is 0.269 e. The van der Waals surface area contributed by atoms with Crippen LogP contribution in [0, 0.1) is 16.0 Å². The van der Waals surface area contributed by atoms with Gasteiger partial charge in [0.15, 0.2) is 0 Å². The Morgan fingerprint density at radius 1 is 1.17 bits per heavy atom. The molecule has 0 aliphatic carbocycles. The van der Waals surface area contributed by atoms with E-state index >= 15 is 0 Å². The fourth-order valence-corrected chi connectivity index (χ4v) is 3.12. The summed E-state index contributed by atoms with van der Waals surface area (Å²) in [6.07, 6.45) is 1.97. The van der Waals surface area contributed by atoms with Crippen LogP contribution in [0.3, 0.4) is 0 Å². The molecular formula is C22H26N4O3. The minimum absolute atomic E-state index is 0.0775. The molecule has 0 bridgehead atoms. The molecule has 0 aliphatic heterocycles. The van der Waals surface area contributed by atoms with Crippen molar-refractivity contribution >= 4 is 5.69 Å². The van der Waals surface area contributed by atoms with E-state index in [0.717, 1.165) is 23.4 Å². The Morgan fingerprint density at radius 2 is 1.90 bits per heavy atom. The molecule has 0 spiro atoms. The predicted octanol–water partition coefficient (Wildman–Crippen LogP) is 3.94. The van der Waals surface area contributed by atoms with Crippen LogP contribution in [-0.4, -0.2) is 27.9 Å². The van der Waals surface area contributed by atoms with Crippen LogP contribution in [0.2, 0.25) is 0 Å². The second-order valence-corrected chi connectivity index (χ2v) is 7.22. The first kappa shape index (κ1) is 20.7. The Morgan fingerprint density at radius 3 is 2.59 bits per heavy atom. The SMILES string of the molecule is CC(CNCc1cn(C)nc1-c1ccc([N+](=O)[O-])cc1)COCc1ccccc1. The number of aryl methyl sites for hydroxylation is 1. The van der Waals surface area contributed by atoms with Crippen molar-refractivity contribution in [1.82, 2.24) is 15.1 Å². The summed E-state index contributed by atoms with van der Waals surface area (Å²) in [5.41, 5.74) is 4.01. The number of ether oxygens (including phenoxy) is 1. The molecule has 152 valence electrons. The second-order valence-electron chi connectivity index (χ2n) is 7.22. The molecule has 0 aliphatic rings. The van der Waals surface area contributed by atoms with Gasteiger partial charge in [0.25, 0.3) is 5.69 Å². The molecule has 29 heavy (non-hydrogen) atoms. The lowest BCUT2D eigenvalue weighted by Crippen LogP contribution is -2.23. The van der Waals surface area contributed by atoms with Crippen molar-refractivity contribution < 1.29 is 9.66 Å². The lowest BCUT2D eigenvalue weighted by atomic mass is 10.1. The van der Waals surface area contributed by atoms with E-state index in [9.17, 15) is 10.1 Å². The van der Waals surface area contributed by atoms with Gasteiger partial charge in [-0.1, -0.05) is 37.3 Å². The van der Waals surface area contributed by atoms with Gasteiger partial charge in [0.2, 0.25) is 0 Å². The highest BCUT2D eigenvalue weighted by Gasteiger charge is 2.12. The molecular weight excluding hydrogens is 368 g/mol. The van der Waals surface area contributed by atoms with E-state index in [2.05, 4.69) is 29.5 Å². The van der Waals surface area contributed by atoms with Crippen molar-refractivity contribution in [3.05, 3.63) is 82.0 Å². The maximum absolute atomic E-state index is 10.8. The summed E-state index contributed by atoms with van der Waals surface area (Å²) in [4.78, 5) is 10.4. The number of hydrogen-bond donors (Lipinski definition) is 1. The second kappa shape index (κ2) is 9.95. The van der Waals surface area contributed by atoms with Gasteiger partial charge in [-0.05, 0) is 23.6 Å². The number of hydrogen-bond acceptors (Lipinski definition) is 5. The topological polar surface area (TPSA) is 82.2 Å². The molecule has 7 nitrogen and oxygen atoms in total. The molecule has 0 radical (unpaired) electrons. The number of nitrogens with one attached hydrogen (secondary N) is 1. The molecule has 3 aromatic rings. The van der Waals surface area contributed by atoms with Crippen molar-refractivity contribution in [3.63, 3.8) is 0 Å². The standard InChI is InChI=1S/C22H26N4O3/c1-17(15-29-16-18-6-4-3-5-7-18)12-23-13-20-14-25(2)24-22(20)19-8-10-21(11-9-19)26(27)28/h3-11,14,17,23H,12-13,15-16H2,1-2H3. The van der Waals surface area contributed by atoms with E-state index in [4.69, 9.17) is 4.74 Å². The van der Waals surface area contributed by atoms with Crippen LogP contribution in [0.15, 0.2) is 60.8 Å². The molecule has 1 N–H and O–H groups in total. The van der Waals surface area contributed by atoms with E-state index in [1.54, 1.807) is 16.8 Å². The molecule has 7 heteroatoms. The largest absolute Gasteiger partial charge is 0.376 e. The molecule has 0 amide bonds. The summed E-state index contributed by atoms with van der Waals surface area (Å²) in [6.45, 7) is 4.95. The summed E-state index contributed by atoms with van der Waals surface area (Å²) in [6, 6.07) is 16.6. The van der Waals surface area contributed by atoms with Crippen LogP contribution < -0.4 is 5.32 Å².